The number of halogens is 1. The van der Waals surface area contributed by atoms with Crippen LogP contribution in [0.5, 0.6) is 0 Å². The molecule has 1 aromatic rings. The molecule has 20 heavy (non-hydrogen) atoms. The molecular weight excluding hydrogens is 249 g/mol. The van der Waals surface area contributed by atoms with Crippen LogP contribution >= 0.6 is 0 Å². The van der Waals surface area contributed by atoms with E-state index in [0.717, 1.165) is 30.4 Å². The number of nitrogens with one attached hydrogen (secondary N) is 1. The maximum atomic E-state index is 13.4. The van der Waals surface area contributed by atoms with Crippen LogP contribution in [0.15, 0.2) is 24.3 Å². The van der Waals surface area contributed by atoms with Crippen molar-refractivity contribution in [2.45, 2.75) is 45.4 Å². The molecule has 3 unspecified atom stereocenters. The van der Waals surface area contributed by atoms with Gasteiger partial charge in [0.25, 0.3) is 0 Å². The first-order valence-corrected chi connectivity index (χ1v) is 8.12. The van der Waals surface area contributed by atoms with Crippen molar-refractivity contribution in [3.8, 4) is 0 Å². The Labute approximate surface area is 123 Å². The van der Waals surface area contributed by atoms with E-state index in [0.29, 0.717) is 5.92 Å². The minimum Gasteiger partial charge on any atom is -0.319 e. The second kappa shape index (κ2) is 7.78. The van der Waals surface area contributed by atoms with Gasteiger partial charge in [0, 0.05) is 0 Å². The van der Waals surface area contributed by atoms with Crippen LogP contribution in [0.1, 0.15) is 44.6 Å². The van der Waals surface area contributed by atoms with Gasteiger partial charge in [-0.3, -0.25) is 0 Å². The van der Waals surface area contributed by atoms with Crippen molar-refractivity contribution in [3.63, 3.8) is 0 Å². The minimum atomic E-state index is -0.103. The lowest BCUT2D eigenvalue weighted by Gasteiger charge is -2.36. The van der Waals surface area contributed by atoms with Gasteiger partial charge in [-0.2, -0.15) is 0 Å². The zero-order valence-electron chi connectivity index (χ0n) is 12.9. The van der Waals surface area contributed by atoms with Crippen molar-refractivity contribution >= 4 is 0 Å². The number of rotatable bonds is 6. The van der Waals surface area contributed by atoms with E-state index >= 15 is 0 Å². The summed E-state index contributed by atoms with van der Waals surface area (Å²) in [7, 11) is 2.04. The lowest BCUT2D eigenvalue weighted by Crippen LogP contribution is -2.33. The van der Waals surface area contributed by atoms with Gasteiger partial charge in [-0.1, -0.05) is 38.3 Å². The zero-order chi connectivity index (χ0) is 14.4. The Morgan fingerprint density at radius 1 is 1.25 bits per heavy atom. The van der Waals surface area contributed by atoms with Gasteiger partial charge >= 0.3 is 0 Å². The Bertz CT molecular complexity index is 404. The highest BCUT2D eigenvalue weighted by Crippen LogP contribution is 2.37. The first-order chi connectivity index (χ1) is 9.72. The van der Waals surface area contributed by atoms with Gasteiger partial charge in [-0.05, 0) is 68.3 Å². The summed E-state index contributed by atoms with van der Waals surface area (Å²) in [6.07, 6.45) is 7.69. The summed E-state index contributed by atoms with van der Waals surface area (Å²) >= 11 is 0. The average molecular weight is 277 g/mol. The molecule has 0 heterocycles. The van der Waals surface area contributed by atoms with Crippen molar-refractivity contribution in [2.24, 2.45) is 17.8 Å². The summed E-state index contributed by atoms with van der Waals surface area (Å²) in [6, 6.07) is 7.16. The molecule has 0 amide bonds. The van der Waals surface area contributed by atoms with Gasteiger partial charge < -0.3 is 5.32 Å². The van der Waals surface area contributed by atoms with E-state index in [2.05, 4.69) is 18.3 Å². The summed E-state index contributed by atoms with van der Waals surface area (Å²) < 4.78 is 13.4. The predicted octanol–water partition coefficient (Wildman–Crippen LogP) is 4.42. The smallest absolute Gasteiger partial charge is 0.123 e. The van der Waals surface area contributed by atoms with Crippen LogP contribution in [0, 0.1) is 23.6 Å². The first-order valence-electron chi connectivity index (χ1n) is 8.12. The Hall–Kier alpha value is -0.890. The normalized spacial score (nSPS) is 26.6. The molecule has 1 aromatic carbocycles. The molecule has 0 radical (unpaired) electrons. The van der Waals surface area contributed by atoms with Crippen LogP contribution in [0.4, 0.5) is 4.39 Å². The quantitative estimate of drug-likeness (QED) is 0.811. The van der Waals surface area contributed by atoms with Gasteiger partial charge in [0.05, 0.1) is 0 Å². The van der Waals surface area contributed by atoms with Gasteiger partial charge in [0.15, 0.2) is 0 Å². The molecule has 0 saturated heterocycles. The van der Waals surface area contributed by atoms with E-state index in [1.165, 1.54) is 38.2 Å². The molecular formula is C18H28FN. The van der Waals surface area contributed by atoms with Crippen molar-refractivity contribution in [2.75, 3.05) is 13.6 Å². The van der Waals surface area contributed by atoms with E-state index < -0.39 is 0 Å². The van der Waals surface area contributed by atoms with Gasteiger partial charge in [-0.15, -0.1) is 0 Å². The van der Waals surface area contributed by atoms with Gasteiger partial charge in [0.2, 0.25) is 0 Å². The predicted molar refractivity (Wildman–Crippen MR) is 83.3 cm³/mol. The summed E-state index contributed by atoms with van der Waals surface area (Å²) in [5.41, 5.74) is 1.16. The van der Waals surface area contributed by atoms with Crippen LogP contribution in [0.3, 0.4) is 0 Å². The molecule has 3 atom stereocenters. The lowest BCUT2D eigenvalue weighted by atomic mass is 9.70. The van der Waals surface area contributed by atoms with Gasteiger partial charge in [0.1, 0.15) is 5.82 Å². The Kier molecular flexibility index (Phi) is 6.03. The molecule has 2 rings (SSSR count). The zero-order valence-corrected chi connectivity index (χ0v) is 12.9. The molecule has 0 aliphatic heterocycles. The van der Waals surface area contributed by atoms with Crippen molar-refractivity contribution in [1.29, 1.82) is 0 Å². The topological polar surface area (TPSA) is 12.0 Å². The molecule has 112 valence electrons. The highest BCUT2D eigenvalue weighted by Gasteiger charge is 2.29. The molecule has 0 bridgehead atoms. The monoisotopic (exact) mass is 277 g/mol. The van der Waals surface area contributed by atoms with Crippen molar-refractivity contribution in [1.82, 2.24) is 5.32 Å². The summed E-state index contributed by atoms with van der Waals surface area (Å²) in [5.74, 6) is 2.23. The Morgan fingerprint density at radius 3 is 2.80 bits per heavy atom. The Morgan fingerprint density at radius 2 is 2.10 bits per heavy atom. The third kappa shape index (κ3) is 4.31. The summed E-state index contributed by atoms with van der Waals surface area (Å²) in [4.78, 5) is 0. The fourth-order valence-corrected chi connectivity index (χ4v) is 3.84. The van der Waals surface area contributed by atoms with Crippen LogP contribution in [-0.2, 0) is 6.42 Å². The van der Waals surface area contributed by atoms with E-state index in [1.807, 2.05) is 13.1 Å². The molecule has 1 aliphatic carbocycles. The number of hydrogen-bond acceptors (Lipinski definition) is 1. The number of hydrogen-bond donors (Lipinski definition) is 1. The largest absolute Gasteiger partial charge is 0.319 e. The number of benzene rings is 1. The molecule has 1 fully saturated rings. The van der Waals surface area contributed by atoms with E-state index in [1.54, 1.807) is 6.07 Å². The highest BCUT2D eigenvalue weighted by atomic mass is 19.1. The second-order valence-electron chi connectivity index (χ2n) is 6.38. The molecule has 1 aliphatic rings. The fourth-order valence-electron chi connectivity index (χ4n) is 3.84. The molecule has 1 saturated carbocycles. The molecule has 1 nitrogen and oxygen atoms in total. The fraction of sp³-hybridized carbons (Fsp3) is 0.667. The first kappa shape index (κ1) is 15.5. The second-order valence-corrected chi connectivity index (χ2v) is 6.38. The summed E-state index contributed by atoms with van der Waals surface area (Å²) in [5, 5.41) is 3.34. The van der Waals surface area contributed by atoms with Crippen LogP contribution < -0.4 is 5.32 Å². The SMILES string of the molecule is CCCC1CCC(CNC)C(Cc2cccc(F)c2)C1. The molecule has 2 heteroatoms. The van der Waals surface area contributed by atoms with E-state index in [-0.39, 0.29) is 5.82 Å². The van der Waals surface area contributed by atoms with E-state index in [9.17, 15) is 4.39 Å². The van der Waals surface area contributed by atoms with Crippen LogP contribution in [0.2, 0.25) is 0 Å². The average Bonchev–Trinajstić information content (AvgIpc) is 2.42. The highest BCUT2D eigenvalue weighted by molar-refractivity contribution is 5.17. The van der Waals surface area contributed by atoms with E-state index in [4.69, 9.17) is 0 Å². The third-order valence-corrected chi connectivity index (χ3v) is 4.80. The third-order valence-electron chi connectivity index (χ3n) is 4.80. The molecule has 1 N–H and O–H groups in total. The van der Waals surface area contributed by atoms with Crippen molar-refractivity contribution < 1.29 is 4.39 Å². The van der Waals surface area contributed by atoms with Crippen LogP contribution in [-0.4, -0.2) is 13.6 Å². The van der Waals surface area contributed by atoms with Crippen LogP contribution in [0.25, 0.3) is 0 Å². The van der Waals surface area contributed by atoms with Crippen molar-refractivity contribution in [3.05, 3.63) is 35.6 Å². The minimum absolute atomic E-state index is 0.103. The molecule has 0 spiro atoms. The summed E-state index contributed by atoms with van der Waals surface area (Å²) in [6.45, 7) is 3.38. The standard InChI is InChI=1S/C18H28FN/c1-3-5-14-8-9-16(13-20-2)17(10-14)11-15-6-4-7-18(19)12-15/h4,6-7,12,14,16-17,20H,3,5,8-11,13H2,1-2H3. The Balaban J connectivity index is 2.02. The molecule has 0 aromatic heterocycles. The maximum absolute atomic E-state index is 13.4. The maximum Gasteiger partial charge on any atom is 0.123 e. The van der Waals surface area contributed by atoms with Gasteiger partial charge in [-0.25, -0.2) is 4.39 Å². The lowest BCUT2D eigenvalue weighted by molar-refractivity contribution is 0.169.